The van der Waals surface area contributed by atoms with Gasteiger partial charge in [0.05, 0.1) is 35.6 Å². The predicted molar refractivity (Wildman–Crippen MR) is 151 cm³/mol. The highest BCUT2D eigenvalue weighted by Gasteiger charge is 2.32. The second-order valence-corrected chi connectivity index (χ2v) is 9.85. The number of hydrogen-bond donors (Lipinski definition) is 2. The maximum atomic E-state index is 13.9. The van der Waals surface area contributed by atoms with Crippen LogP contribution >= 0.6 is 11.3 Å². The molecule has 1 aliphatic heterocycles. The quantitative estimate of drug-likeness (QED) is 0.369. The zero-order chi connectivity index (χ0) is 27.5. The monoisotopic (exact) mass is 541 g/mol. The first-order valence-electron chi connectivity index (χ1n) is 12.4. The number of ether oxygens (including phenoxy) is 2. The predicted octanol–water partition coefficient (Wildman–Crippen LogP) is 3.99. The van der Waals surface area contributed by atoms with Crippen LogP contribution in [0.4, 0.5) is 5.69 Å². The number of fused-ring (bicyclic) bond motifs is 1. The van der Waals surface area contributed by atoms with Crippen molar-refractivity contribution in [3.8, 4) is 17.2 Å². The second kappa shape index (κ2) is 11.0. The molecule has 0 saturated heterocycles. The Kier molecular flexibility index (Phi) is 7.33. The van der Waals surface area contributed by atoms with E-state index in [2.05, 4.69) is 10.3 Å². The van der Waals surface area contributed by atoms with Gasteiger partial charge in [-0.05, 0) is 67.4 Å². The molecule has 3 aromatic carbocycles. The maximum Gasteiger partial charge on any atom is 0.271 e. The number of nitrogens with one attached hydrogen (secondary N) is 1. The first kappa shape index (κ1) is 26.0. The number of anilines is 1. The second-order valence-electron chi connectivity index (χ2n) is 8.84. The summed E-state index contributed by atoms with van der Waals surface area (Å²) in [6.07, 6.45) is 1.73. The van der Waals surface area contributed by atoms with E-state index >= 15 is 0 Å². The molecule has 2 heterocycles. The van der Waals surface area contributed by atoms with Gasteiger partial charge in [0.2, 0.25) is 0 Å². The summed E-state index contributed by atoms with van der Waals surface area (Å²) >= 11 is 1.24. The lowest BCUT2D eigenvalue weighted by Gasteiger charge is -2.25. The van der Waals surface area contributed by atoms with Crippen molar-refractivity contribution >= 4 is 29.0 Å². The minimum Gasteiger partial charge on any atom is -0.504 e. The van der Waals surface area contributed by atoms with Gasteiger partial charge in [0.1, 0.15) is 5.75 Å². The average Bonchev–Trinajstić information content (AvgIpc) is 3.24. The molecule has 0 saturated carbocycles. The number of methoxy groups -OCH3 is 1. The molecule has 0 fully saturated rings. The number of thiazole rings is 1. The molecular formula is C30H27N3O5S. The average molecular weight is 542 g/mol. The van der Waals surface area contributed by atoms with Gasteiger partial charge < -0.3 is 19.9 Å². The normalized spacial score (nSPS) is 14.9. The summed E-state index contributed by atoms with van der Waals surface area (Å²) in [7, 11) is 1.57. The molecule has 39 heavy (non-hydrogen) atoms. The van der Waals surface area contributed by atoms with Crippen molar-refractivity contribution in [1.82, 2.24) is 4.57 Å². The van der Waals surface area contributed by atoms with Crippen LogP contribution in [0, 0.1) is 0 Å². The van der Waals surface area contributed by atoms with E-state index in [9.17, 15) is 14.7 Å². The van der Waals surface area contributed by atoms with Gasteiger partial charge in [-0.25, -0.2) is 4.99 Å². The van der Waals surface area contributed by atoms with Gasteiger partial charge >= 0.3 is 0 Å². The summed E-state index contributed by atoms with van der Waals surface area (Å²) in [5.74, 6) is 0.631. The van der Waals surface area contributed by atoms with Crippen LogP contribution in [0.15, 0.2) is 93.9 Å². The smallest absolute Gasteiger partial charge is 0.271 e. The van der Waals surface area contributed by atoms with E-state index in [1.807, 2.05) is 49.4 Å². The van der Waals surface area contributed by atoms with Crippen molar-refractivity contribution in [1.29, 1.82) is 0 Å². The molecule has 1 atom stereocenters. The highest BCUT2D eigenvalue weighted by Crippen LogP contribution is 2.32. The van der Waals surface area contributed by atoms with Gasteiger partial charge in [-0.15, -0.1) is 0 Å². The Morgan fingerprint density at radius 2 is 1.92 bits per heavy atom. The molecule has 0 spiro atoms. The van der Waals surface area contributed by atoms with Crippen molar-refractivity contribution in [2.75, 3.05) is 19.0 Å². The van der Waals surface area contributed by atoms with Gasteiger partial charge in [-0.3, -0.25) is 14.2 Å². The number of aromatic nitrogens is 1. The lowest BCUT2D eigenvalue weighted by atomic mass is 9.95. The van der Waals surface area contributed by atoms with Crippen LogP contribution in [0.3, 0.4) is 0 Å². The van der Waals surface area contributed by atoms with Crippen LogP contribution < -0.4 is 29.7 Å². The number of allylic oxidation sites excluding steroid dienone is 1. The number of hydrogen-bond acceptors (Lipinski definition) is 7. The van der Waals surface area contributed by atoms with Crippen LogP contribution in [0.25, 0.3) is 6.08 Å². The lowest BCUT2D eigenvalue weighted by molar-refractivity contribution is -0.113. The zero-order valence-electron chi connectivity index (χ0n) is 21.7. The van der Waals surface area contributed by atoms with Gasteiger partial charge in [0.25, 0.3) is 11.5 Å². The van der Waals surface area contributed by atoms with Gasteiger partial charge in [0.15, 0.2) is 16.3 Å². The SMILES string of the molecule is CCOc1cc(/C=c2\sc3n(c2=O)C(c2cccc(OC)c2)C(C(=O)Nc2ccccc2)=C(C)N=3)ccc1O. The third-order valence-electron chi connectivity index (χ3n) is 6.29. The van der Waals surface area contributed by atoms with Crippen molar-refractivity contribution in [2.24, 2.45) is 4.99 Å². The maximum absolute atomic E-state index is 13.9. The summed E-state index contributed by atoms with van der Waals surface area (Å²) in [5, 5.41) is 13.0. The Morgan fingerprint density at radius 3 is 2.67 bits per heavy atom. The van der Waals surface area contributed by atoms with Gasteiger partial charge in [0, 0.05) is 5.69 Å². The topological polar surface area (TPSA) is 102 Å². The molecular weight excluding hydrogens is 514 g/mol. The molecule has 198 valence electrons. The van der Waals surface area contributed by atoms with E-state index in [1.165, 1.54) is 17.4 Å². The number of rotatable bonds is 7. The molecule has 2 N–H and O–H groups in total. The van der Waals surface area contributed by atoms with Crippen molar-refractivity contribution < 1.29 is 19.4 Å². The molecule has 0 bridgehead atoms. The number of carbonyl (C=O) groups excluding carboxylic acids is 1. The minimum atomic E-state index is -0.721. The van der Waals surface area contributed by atoms with E-state index in [-0.39, 0.29) is 17.2 Å². The van der Waals surface area contributed by atoms with Crippen LogP contribution in [-0.2, 0) is 4.79 Å². The van der Waals surface area contributed by atoms with Crippen molar-refractivity contribution in [3.05, 3.63) is 115 Å². The molecule has 1 unspecified atom stereocenters. The van der Waals surface area contributed by atoms with E-state index < -0.39 is 6.04 Å². The Balaban J connectivity index is 1.67. The fourth-order valence-corrected chi connectivity index (χ4v) is 5.55. The Morgan fingerprint density at radius 1 is 1.13 bits per heavy atom. The molecule has 1 aliphatic rings. The number of nitrogens with zero attached hydrogens (tertiary/aromatic N) is 2. The number of amides is 1. The summed E-state index contributed by atoms with van der Waals surface area (Å²) < 4.78 is 12.9. The molecule has 0 aliphatic carbocycles. The fourth-order valence-electron chi connectivity index (χ4n) is 4.50. The molecule has 9 heteroatoms. The van der Waals surface area contributed by atoms with E-state index in [0.717, 1.165) is 5.56 Å². The first-order chi connectivity index (χ1) is 18.9. The molecule has 1 amide bonds. The Bertz CT molecular complexity index is 1760. The molecule has 4 aromatic rings. The number of aromatic hydroxyl groups is 1. The van der Waals surface area contributed by atoms with Crippen LogP contribution in [0.5, 0.6) is 17.2 Å². The number of phenolic OH excluding ortho intramolecular Hbond substituents is 1. The van der Waals surface area contributed by atoms with E-state index in [4.69, 9.17) is 9.47 Å². The summed E-state index contributed by atoms with van der Waals surface area (Å²) in [5.41, 5.74) is 2.66. The van der Waals surface area contributed by atoms with Gasteiger partial charge in [-0.2, -0.15) is 0 Å². The highest BCUT2D eigenvalue weighted by molar-refractivity contribution is 7.07. The number of benzene rings is 3. The molecule has 0 radical (unpaired) electrons. The third-order valence-corrected chi connectivity index (χ3v) is 7.27. The largest absolute Gasteiger partial charge is 0.504 e. The van der Waals surface area contributed by atoms with Crippen molar-refractivity contribution in [2.45, 2.75) is 19.9 Å². The number of phenols is 1. The molecule has 5 rings (SSSR count). The number of para-hydroxylation sites is 1. The highest BCUT2D eigenvalue weighted by atomic mass is 32.1. The number of carbonyl (C=O) groups is 1. The van der Waals surface area contributed by atoms with Crippen LogP contribution in [-0.4, -0.2) is 29.3 Å². The summed E-state index contributed by atoms with van der Waals surface area (Å²) in [4.78, 5) is 32.7. The van der Waals surface area contributed by atoms with Crippen LogP contribution in [0.2, 0.25) is 0 Å². The summed E-state index contributed by atoms with van der Waals surface area (Å²) in [6.45, 7) is 4.00. The Labute approximate surface area is 228 Å². The molecule has 1 aromatic heterocycles. The standard InChI is InChI=1S/C30H27N3O5S/c1-4-38-24-15-19(13-14-23(24)34)16-25-29(36)33-27(20-9-8-12-22(17-20)37-3)26(18(2)31-30(33)39-25)28(35)32-21-10-6-5-7-11-21/h5-17,27,34H,4H2,1-3H3,(H,32,35)/b25-16-. The van der Waals surface area contributed by atoms with Gasteiger partial charge in [-0.1, -0.05) is 47.7 Å². The minimum absolute atomic E-state index is 0.0261. The van der Waals surface area contributed by atoms with Crippen molar-refractivity contribution in [3.63, 3.8) is 0 Å². The first-order valence-corrected chi connectivity index (χ1v) is 13.2. The Hall–Kier alpha value is -4.63. The van der Waals surface area contributed by atoms with E-state index in [1.54, 1.807) is 48.9 Å². The van der Waals surface area contributed by atoms with Crippen LogP contribution in [0.1, 0.15) is 31.0 Å². The lowest BCUT2D eigenvalue weighted by Crippen LogP contribution is -2.40. The zero-order valence-corrected chi connectivity index (χ0v) is 22.5. The third kappa shape index (κ3) is 5.21. The fraction of sp³-hybridized carbons (Fsp3) is 0.167. The molecule has 8 nitrogen and oxygen atoms in total. The summed E-state index contributed by atoms with van der Waals surface area (Å²) in [6, 6.07) is 20.7. The van der Waals surface area contributed by atoms with E-state index in [0.29, 0.717) is 50.0 Å².